The fraction of sp³-hybridized carbons (Fsp3) is 0.231. The Kier molecular flexibility index (Phi) is 3.15. The first kappa shape index (κ1) is 11.7. The van der Waals surface area contributed by atoms with Crippen molar-refractivity contribution in [3.05, 3.63) is 47.2 Å². The zero-order valence-corrected chi connectivity index (χ0v) is 9.87. The van der Waals surface area contributed by atoms with E-state index in [-0.39, 0.29) is 5.82 Å². The first-order chi connectivity index (χ1) is 8.10. The van der Waals surface area contributed by atoms with E-state index in [0.29, 0.717) is 23.6 Å². The number of nitrogens with two attached hydrogens (primary N) is 1. The van der Waals surface area contributed by atoms with Crippen LogP contribution in [0.1, 0.15) is 17.1 Å². The zero-order valence-electron chi connectivity index (χ0n) is 9.87. The molecule has 0 spiro atoms. The van der Waals surface area contributed by atoms with Crippen molar-refractivity contribution < 1.29 is 4.39 Å². The highest BCUT2D eigenvalue weighted by atomic mass is 19.1. The van der Waals surface area contributed by atoms with Gasteiger partial charge in [-0.25, -0.2) is 14.4 Å². The van der Waals surface area contributed by atoms with Crippen LogP contribution >= 0.6 is 0 Å². The van der Waals surface area contributed by atoms with Gasteiger partial charge in [0.1, 0.15) is 11.6 Å². The molecule has 1 aromatic heterocycles. The SMILES string of the molecule is Cc1nc(CN)cc(-c2ccc(C)c(F)c2)n1. The third-order valence-electron chi connectivity index (χ3n) is 2.57. The molecule has 0 aliphatic carbocycles. The van der Waals surface area contributed by atoms with Gasteiger partial charge in [0.25, 0.3) is 0 Å². The standard InChI is InChI=1S/C13H14FN3/c1-8-3-4-10(5-12(8)14)13-6-11(7-15)16-9(2)17-13/h3-6H,7,15H2,1-2H3. The molecule has 17 heavy (non-hydrogen) atoms. The number of benzene rings is 1. The maximum atomic E-state index is 13.5. The molecule has 3 nitrogen and oxygen atoms in total. The third-order valence-corrected chi connectivity index (χ3v) is 2.57. The largest absolute Gasteiger partial charge is 0.325 e. The Bertz CT molecular complexity index is 552. The Morgan fingerprint density at radius 1 is 1.18 bits per heavy atom. The lowest BCUT2D eigenvalue weighted by Gasteiger charge is -2.06. The van der Waals surface area contributed by atoms with E-state index in [2.05, 4.69) is 9.97 Å². The molecule has 0 fully saturated rings. The average molecular weight is 231 g/mol. The van der Waals surface area contributed by atoms with Crippen molar-refractivity contribution in [3.8, 4) is 11.3 Å². The van der Waals surface area contributed by atoms with Crippen LogP contribution < -0.4 is 5.73 Å². The smallest absolute Gasteiger partial charge is 0.126 e. The summed E-state index contributed by atoms with van der Waals surface area (Å²) in [4.78, 5) is 8.48. The molecule has 0 aliphatic heterocycles. The summed E-state index contributed by atoms with van der Waals surface area (Å²) in [6, 6.07) is 6.86. The average Bonchev–Trinajstić information content (AvgIpc) is 2.32. The van der Waals surface area contributed by atoms with E-state index < -0.39 is 0 Å². The summed E-state index contributed by atoms with van der Waals surface area (Å²) in [5, 5.41) is 0. The summed E-state index contributed by atoms with van der Waals surface area (Å²) >= 11 is 0. The van der Waals surface area contributed by atoms with E-state index in [1.54, 1.807) is 26.0 Å². The molecule has 2 aromatic rings. The van der Waals surface area contributed by atoms with Gasteiger partial charge in [0, 0.05) is 12.1 Å². The van der Waals surface area contributed by atoms with Gasteiger partial charge in [-0.05, 0) is 31.5 Å². The topological polar surface area (TPSA) is 51.8 Å². The Morgan fingerprint density at radius 2 is 1.94 bits per heavy atom. The molecule has 0 amide bonds. The minimum absolute atomic E-state index is 0.229. The molecule has 88 valence electrons. The molecule has 0 saturated heterocycles. The number of rotatable bonds is 2. The maximum absolute atomic E-state index is 13.5. The highest BCUT2D eigenvalue weighted by Gasteiger charge is 2.06. The highest BCUT2D eigenvalue weighted by molar-refractivity contribution is 5.60. The molecule has 0 bridgehead atoms. The summed E-state index contributed by atoms with van der Waals surface area (Å²) in [6.07, 6.45) is 0. The summed E-state index contributed by atoms with van der Waals surface area (Å²) in [6.45, 7) is 3.88. The van der Waals surface area contributed by atoms with Crippen molar-refractivity contribution in [2.75, 3.05) is 0 Å². The zero-order chi connectivity index (χ0) is 12.4. The van der Waals surface area contributed by atoms with E-state index in [9.17, 15) is 4.39 Å². The molecule has 1 aromatic carbocycles. The summed E-state index contributed by atoms with van der Waals surface area (Å²) in [7, 11) is 0. The fourth-order valence-corrected chi connectivity index (χ4v) is 1.63. The van der Waals surface area contributed by atoms with E-state index in [0.717, 1.165) is 11.3 Å². The van der Waals surface area contributed by atoms with Crippen molar-refractivity contribution in [2.45, 2.75) is 20.4 Å². The van der Waals surface area contributed by atoms with Gasteiger partial charge < -0.3 is 5.73 Å². The molecule has 0 atom stereocenters. The molecule has 4 heteroatoms. The number of halogens is 1. The van der Waals surface area contributed by atoms with Crippen LogP contribution in [-0.4, -0.2) is 9.97 Å². The Labute approximate surface area is 99.5 Å². The van der Waals surface area contributed by atoms with Gasteiger partial charge in [-0.1, -0.05) is 12.1 Å². The maximum Gasteiger partial charge on any atom is 0.126 e. The van der Waals surface area contributed by atoms with Crippen LogP contribution in [0.4, 0.5) is 4.39 Å². The van der Waals surface area contributed by atoms with Gasteiger partial charge in [-0.2, -0.15) is 0 Å². The Morgan fingerprint density at radius 3 is 2.59 bits per heavy atom. The van der Waals surface area contributed by atoms with Crippen molar-refractivity contribution >= 4 is 0 Å². The minimum Gasteiger partial charge on any atom is -0.325 e. The normalized spacial score (nSPS) is 10.6. The molecule has 1 heterocycles. The lowest BCUT2D eigenvalue weighted by atomic mass is 10.1. The van der Waals surface area contributed by atoms with E-state index in [4.69, 9.17) is 5.73 Å². The molecule has 0 aliphatic rings. The molecule has 0 radical (unpaired) electrons. The summed E-state index contributed by atoms with van der Waals surface area (Å²) in [5.41, 5.74) is 8.39. The second kappa shape index (κ2) is 4.59. The second-order valence-electron chi connectivity index (χ2n) is 3.96. The molecular weight excluding hydrogens is 217 g/mol. The predicted molar refractivity (Wildman–Crippen MR) is 64.8 cm³/mol. The van der Waals surface area contributed by atoms with Crippen LogP contribution in [0.2, 0.25) is 0 Å². The van der Waals surface area contributed by atoms with E-state index >= 15 is 0 Å². The van der Waals surface area contributed by atoms with Crippen LogP contribution in [0.25, 0.3) is 11.3 Å². The van der Waals surface area contributed by atoms with Gasteiger partial charge in [0.15, 0.2) is 0 Å². The van der Waals surface area contributed by atoms with Crippen LogP contribution in [-0.2, 0) is 6.54 Å². The van der Waals surface area contributed by atoms with Crippen LogP contribution in [0.5, 0.6) is 0 Å². The first-order valence-electron chi connectivity index (χ1n) is 5.41. The molecule has 0 saturated carbocycles. The van der Waals surface area contributed by atoms with Gasteiger partial charge in [-0.3, -0.25) is 0 Å². The van der Waals surface area contributed by atoms with Crippen LogP contribution in [0, 0.1) is 19.7 Å². The number of aryl methyl sites for hydroxylation is 2. The van der Waals surface area contributed by atoms with Crippen molar-refractivity contribution in [1.82, 2.24) is 9.97 Å². The van der Waals surface area contributed by atoms with Crippen LogP contribution in [0.15, 0.2) is 24.3 Å². The monoisotopic (exact) mass is 231 g/mol. The van der Waals surface area contributed by atoms with Crippen molar-refractivity contribution in [2.24, 2.45) is 5.73 Å². The van der Waals surface area contributed by atoms with E-state index in [1.165, 1.54) is 6.07 Å². The van der Waals surface area contributed by atoms with Crippen molar-refractivity contribution in [3.63, 3.8) is 0 Å². The fourth-order valence-electron chi connectivity index (χ4n) is 1.63. The Hall–Kier alpha value is -1.81. The number of hydrogen-bond donors (Lipinski definition) is 1. The van der Waals surface area contributed by atoms with Crippen molar-refractivity contribution in [1.29, 1.82) is 0 Å². The molecule has 2 rings (SSSR count). The number of hydrogen-bond acceptors (Lipinski definition) is 3. The minimum atomic E-state index is -0.229. The van der Waals surface area contributed by atoms with Gasteiger partial charge >= 0.3 is 0 Å². The Balaban J connectivity index is 2.52. The lowest BCUT2D eigenvalue weighted by Crippen LogP contribution is -2.03. The van der Waals surface area contributed by atoms with Crippen LogP contribution in [0.3, 0.4) is 0 Å². The summed E-state index contributed by atoms with van der Waals surface area (Å²) in [5.74, 6) is 0.414. The molecular formula is C13H14FN3. The number of nitrogens with zero attached hydrogens (tertiary/aromatic N) is 2. The molecule has 0 unspecified atom stereocenters. The second-order valence-corrected chi connectivity index (χ2v) is 3.96. The predicted octanol–water partition coefficient (Wildman–Crippen LogP) is 2.36. The third kappa shape index (κ3) is 2.47. The van der Waals surface area contributed by atoms with Gasteiger partial charge in [-0.15, -0.1) is 0 Å². The van der Waals surface area contributed by atoms with Gasteiger partial charge in [0.05, 0.1) is 11.4 Å². The van der Waals surface area contributed by atoms with E-state index in [1.807, 2.05) is 6.07 Å². The summed E-state index contributed by atoms with van der Waals surface area (Å²) < 4.78 is 13.5. The molecule has 2 N–H and O–H groups in total. The lowest BCUT2D eigenvalue weighted by molar-refractivity contribution is 0.619. The first-order valence-corrected chi connectivity index (χ1v) is 5.41. The number of aromatic nitrogens is 2. The highest BCUT2D eigenvalue weighted by Crippen LogP contribution is 2.20. The van der Waals surface area contributed by atoms with Gasteiger partial charge in [0.2, 0.25) is 0 Å². The quantitative estimate of drug-likeness (QED) is 0.863.